The van der Waals surface area contributed by atoms with E-state index < -0.39 is 0 Å². The summed E-state index contributed by atoms with van der Waals surface area (Å²) in [6, 6.07) is 10.1. The van der Waals surface area contributed by atoms with Crippen LogP contribution in [0, 0.1) is 0 Å². The molecule has 0 radical (unpaired) electrons. The van der Waals surface area contributed by atoms with Crippen molar-refractivity contribution in [2.75, 3.05) is 0 Å². The fourth-order valence-electron chi connectivity index (χ4n) is 2.16. The van der Waals surface area contributed by atoms with Crippen LogP contribution in [0.4, 0.5) is 0 Å². The van der Waals surface area contributed by atoms with Crippen molar-refractivity contribution < 1.29 is 9.84 Å². The van der Waals surface area contributed by atoms with Gasteiger partial charge in [0.15, 0.2) is 0 Å². The van der Waals surface area contributed by atoms with Gasteiger partial charge in [-0.25, -0.2) is 0 Å². The first-order valence-corrected chi connectivity index (χ1v) is 5.69. The van der Waals surface area contributed by atoms with Crippen molar-refractivity contribution in [1.29, 1.82) is 0 Å². The van der Waals surface area contributed by atoms with Gasteiger partial charge in [0.05, 0.1) is 18.3 Å². The summed E-state index contributed by atoms with van der Waals surface area (Å²) in [6.07, 6.45) is 2.55. The molecular formula is C13H18O2. The van der Waals surface area contributed by atoms with Gasteiger partial charge in [-0.05, 0) is 12.0 Å². The van der Waals surface area contributed by atoms with E-state index in [2.05, 4.69) is 19.1 Å². The van der Waals surface area contributed by atoms with Crippen molar-refractivity contribution in [2.24, 2.45) is 0 Å². The summed E-state index contributed by atoms with van der Waals surface area (Å²) in [6.45, 7) is 2.12. The molecule has 1 aliphatic rings. The smallest absolute Gasteiger partial charge is 0.0855 e. The minimum absolute atomic E-state index is 0.0280. The molecule has 82 valence electrons. The Morgan fingerprint density at radius 1 is 1.33 bits per heavy atom. The van der Waals surface area contributed by atoms with Crippen molar-refractivity contribution in [3.63, 3.8) is 0 Å². The number of benzene rings is 1. The fraction of sp³-hybridized carbons (Fsp3) is 0.538. The molecule has 15 heavy (non-hydrogen) atoms. The molecular weight excluding hydrogens is 188 g/mol. The molecule has 3 atom stereocenters. The van der Waals surface area contributed by atoms with Gasteiger partial charge in [0.25, 0.3) is 0 Å². The van der Waals surface area contributed by atoms with Crippen LogP contribution in [0.3, 0.4) is 0 Å². The molecule has 0 aliphatic carbocycles. The highest BCUT2D eigenvalue weighted by molar-refractivity contribution is 5.18. The molecule has 1 fully saturated rings. The Hall–Kier alpha value is -0.860. The van der Waals surface area contributed by atoms with Gasteiger partial charge in [0, 0.05) is 6.42 Å². The Kier molecular flexibility index (Phi) is 3.39. The van der Waals surface area contributed by atoms with Crippen LogP contribution in [0.15, 0.2) is 30.3 Å². The number of ether oxygens (including phenoxy) is 1. The molecule has 2 nitrogen and oxygen atoms in total. The second-order valence-corrected chi connectivity index (χ2v) is 4.17. The van der Waals surface area contributed by atoms with Crippen molar-refractivity contribution in [3.8, 4) is 0 Å². The fourth-order valence-corrected chi connectivity index (χ4v) is 2.16. The third-order valence-electron chi connectivity index (χ3n) is 2.97. The summed E-state index contributed by atoms with van der Waals surface area (Å²) >= 11 is 0. The van der Waals surface area contributed by atoms with Crippen LogP contribution in [-0.2, 0) is 4.74 Å². The zero-order valence-corrected chi connectivity index (χ0v) is 9.10. The van der Waals surface area contributed by atoms with Gasteiger partial charge in [-0.1, -0.05) is 43.7 Å². The zero-order valence-electron chi connectivity index (χ0n) is 9.10. The lowest BCUT2D eigenvalue weighted by molar-refractivity contribution is 0.00449. The Morgan fingerprint density at radius 2 is 2.07 bits per heavy atom. The minimum Gasteiger partial charge on any atom is -0.390 e. The van der Waals surface area contributed by atoms with Gasteiger partial charge >= 0.3 is 0 Å². The molecule has 2 heteroatoms. The van der Waals surface area contributed by atoms with Crippen LogP contribution in [0.1, 0.15) is 37.9 Å². The Labute approximate surface area is 90.9 Å². The maximum absolute atomic E-state index is 9.83. The maximum atomic E-state index is 9.83. The Balaban J connectivity index is 2.03. The molecule has 1 aromatic carbocycles. The van der Waals surface area contributed by atoms with Crippen molar-refractivity contribution in [1.82, 2.24) is 0 Å². The molecule has 0 bridgehead atoms. The van der Waals surface area contributed by atoms with E-state index in [1.807, 2.05) is 18.2 Å². The summed E-state index contributed by atoms with van der Waals surface area (Å²) in [4.78, 5) is 0. The zero-order chi connectivity index (χ0) is 10.7. The van der Waals surface area contributed by atoms with Crippen molar-refractivity contribution >= 4 is 0 Å². The largest absolute Gasteiger partial charge is 0.390 e. The molecule has 2 rings (SSSR count). The molecule has 0 aromatic heterocycles. The van der Waals surface area contributed by atoms with Crippen LogP contribution in [-0.4, -0.2) is 17.3 Å². The van der Waals surface area contributed by atoms with Crippen LogP contribution in [0.25, 0.3) is 0 Å². The average Bonchev–Trinajstić information content (AvgIpc) is 2.63. The second kappa shape index (κ2) is 4.77. The van der Waals surface area contributed by atoms with Crippen LogP contribution >= 0.6 is 0 Å². The van der Waals surface area contributed by atoms with E-state index in [4.69, 9.17) is 4.74 Å². The highest BCUT2D eigenvalue weighted by atomic mass is 16.5. The maximum Gasteiger partial charge on any atom is 0.0855 e. The summed E-state index contributed by atoms with van der Waals surface area (Å²) in [5, 5.41) is 9.83. The van der Waals surface area contributed by atoms with Gasteiger partial charge in [-0.2, -0.15) is 0 Å². The molecule has 0 unspecified atom stereocenters. The molecule has 0 amide bonds. The number of rotatable bonds is 3. The molecule has 1 aromatic rings. The van der Waals surface area contributed by atoms with E-state index in [1.165, 1.54) is 5.56 Å². The summed E-state index contributed by atoms with van der Waals surface area (Å²) in [7, 11) is 0. The van der Waals surface area contributed by atoms with Crippen molar-refractivity contribution in [3.05, 3.63) is 35.9 Å². The number of hydrogen-bond donors (Lipinski definition) is 1. The van der Waals surface area contributed by atoms with Crippen LogP contribution in [0.5, 0.6) is 0 Å². The van der Waals surface area contributed by atoms with Gasteiger partial charge in [0.2, 0.25) is 0 Å². The van der Waals surface area contributed by atoms with Gasteiger partial charge < -0.3 is 9.84 Å². The quantitative estimate of drug-likeness (QED) is 0.824. The van der Waals surface area contributed by atoms with Gasteiger partial charge in [-0.3, -0.25) is 0 Å². The minimum atomic E-state index is -0.296. The first-order valence-electron chi connectivity index (χ1n) is 5.69. The first kappa shape index (κ1) is 10.7. The van der Waals surface area contributed by atoms with E-state index in [1.54, 1.807) is 0 Å². The Bertz CT molecular complexity index is 297. The van der Waals surface area contributed by atoms with Gasteiger partial charge in [0.1, 0.15) is 0 Å². The second-order valence-electron chi connectivity index (χ2n) is 4.17. The highest BCUT2D eigenvalue weighted by Gasteiger charge is 2.33. The summed E-state index contributed by atoms with van der Waals surface area (Å²) in [5.41, 5.74) is 1.18. The number of hydrogen-bond acceptors (Lipinski definition) is 2. The molecule has 0 saturated carbocycles. The summed E-state index contributed by atoms with van der Waals surface area (Å²) in [5.74, 6) is 0. The number of aliphatic hydroxyl groups is 1. The lowest BCUT2D eigenvalue weighted by Gasteiger charge is -2.13. The normalized spacial score (nSPS) is 30.7. The van der Waals surface area contributed by atoms with E-state index >= 15 is 0 Å². The standard InChI is InChI=1S/C13H18O2/c1-2-6-12-11(14)9-13(15-12)10-7-4-3-5-8-10/h3-5,7-8,11-14H,2,6,9H2,1H3/t11-,12+,13+/m1/s1. The topological polar surface area (TPSA) is 29.5 Å². The first-order chi connectivity index (χ1) is 7.31. The van der Waals surface area contributed by atoms with E-state index in [0.717, 1.165) is 19.3 Å². The highest BCUT2D eigenvalue weighted by Crippen LogP contribution is 2.34. The SMILES string of the molecule is CCC[C@@H]1O[C@H](c2ccccc2)C[C@H]1O. The average molecular weight is 206 g/mol. The third-order valence-corrected chi connectivity index (χ3v) is 2.97. The lowest BCUT2D eigenvalue weighted by atomic mass is 10.0. The molecule has 1 N–H and O–H groups in total. The lowest BCUT2D eigenvalue weighted by Crippen LogP contribution is -2.19. The predicted molar refractivity (Wildman–Crippen MR) is 59.6 cm³/mol. The van der Waals surface area contributed by atoms with Crippen LogP contribution < -0.4 is 0 Å². The molecule has 1 aliphatic heterocycles. The molecule has 1 heterocycles. The third kappa shape index (κ3) is 2.39. The molecule has 1 saturated heterocycles. The van der Waals surface area contributed by atoms with E-state index in [-0.39, 0.29) is 18.3 Å². The van der Waals surface area contributed by atoms with Gasteiger partial charge in [-0.15, -0.1) is 0 Å². The Morgan fingerprint density at radius 3 is 2.73 bits per heavy atom. The molecule has 0 spiro atoms. The van der Waals surface area contributed by atoms with E-state index in [9.17, 15) is 5.11 Å². The predicted octanol–water partition coefficient (Wildman–Crippen LogP) is 2.68. The van der Waals surface area contributed by atoms with Crippen LogP contribution in [0.2, 0.25) is 0 Å². The van der Waals surface area contributed by atoms with Crippen molar-refractivity contribution in [2.45, 2.75) is 44.5 Å². The van der Waals surface area contributed by atoms with E-state index in [0.29, 0.717) is 0 Å². The number of aliphatic hydroxyl groups excluding tert-OH is 1. The monoisotopic (exact) mass is 206 g/mol. The summed E-state index contributed by atoms with van der Waals surface area (Å²) < 4.78 is 5.85.